The van der Waals surface area contributed by atoms with E-state index in [1.54, 1.807) is 0 Å². The Morgan fingerprint density at radius 2 is 1.85 bits per heavy atom. The molecular weight excluding hydrogens is 260 g/mol. The lowest BCUT2D eigenvalue weighted by molar-refractivity contribution is -0.144. The van der Waals surface area contributed by atoms with Gasteiger partial charge in [0, 0.05) is 13.1 Å². The fraction of sp³-hybridized carbons (Fsp3) is 0.562. The summed E-state index contributed by atoms with van der Waals surface area (Å²) in [5, 5.41) is 0. The smallest absolute Gasteiger partial charge is 0.315 e. The molecule has 1 aromatic rings. The Balaban J connectivity index is 1.74. The van der Waals surface area contributed by atoms with Gasteiger partial charge in [0.05, 0.1) is 0 Å². The molecule has 1 aliphatic heterocycles. The summed E-state index contributed by atoms with van der Waals surface area (Å²) in [6, 6.07) is 8.51. The first-order chi connectivity index (χ1) is 9.56. The third-order valence-electron chi connectivity index (χ3n) is 4.07. The quantitative estimate of drug-likeness (QED) is 0.828. The van der Waals surface area contributed by atoms with E-state index in [2.05, 4.69) is 31.2 Å². The molecule has 0 spiro atoms. The highest BCUT2D eigenvalue weighted by Gasteiger charge is 2.27. The predicted molar refractivity (Wildman–Crippen MR) is 74.8 cm³/mol. The molecule has 0 unspecified atom stereocenters. The second-order valence-electron chi connectivity index (χ2n) is 5.59. The van der Waals surface area contributed by atoms with Crippen LogP contribution in [0, 0.1) is 12.8 Å². The van der Waals surface area contributed by atoms with E-state index in [4.69, 9.17) is 0 Å². The number of likely N-dealkylation sites (tertiary alicyclic amines) is 1. The molecular formula is C16H21F2NO. The zero-order valence-corrected chi connectivity index (χ0v) is 11.8. The maximum Gasteiger partial charge on any atom is 0.315 e. The van der Waals surface area contributed by atoms with Gasteiger partial charge in [-0.05, 0) is 44.1 Å². The van der Waals surface area contributed by atoms with Crippen LogP contribution in [-0.4, -0.2) is 30.3 Å². The van der Waals surface area contributed by atoms with E-state index in [1.165, 1.54) is 16.0 Å². The van der Waals surface area contributed by atoms with Crippen LogP contribution in [-0.2, 0) is 11.2 Å². The number of carbonyl (C=O) groups is 1. The van der Waals surface area contributed by atoms with Crippen molar-refractivity contribution in [2.75, 3.05) is 13.1 Å². The topological polar surface area (TPSA) is 20.3 Å². The molecule has 0 radical (unpaired) electrons. The Bertz CT molecular complexity index is 436. The summed E-state index contributed by atoms with van der Waals surface area (Å²) >= 11 is 0. The number of halogens is 2. The summed E-state index contributed by atoms with van der Waals surface area (Å²) in [6.45, 7) is 3.02. The number of carbonyl (C=O) groups excluding carboxylic acids is 1. The first-order valence-corrected chi connectivity index (χ1v) is 7.18. The lowest BCUT2D eigenvalue weighted by atomic mass is 9.90. The van der Waals surface area contributed by atoms with Gasteiger partial charge in [-0.25, -0.2) is 0 Å². The number of amides is 1. The molecule has 2 rings (SSSR count). The zero-order chi connectivity index (χ0) is 14.5. The van der Waals surface area contributed by atoms with Crippen LogP contribution in [0.4, 0.5) is 8.78 Å². The van der Waals surface area contributed by atoms with Crippen LogP contribution in [0.2, 0.25) is 0 Å². The lowest BCUT2D eigenvalue weighted by Crippen LogP contribution is -2.41. The molecule has 0 aliphatic carbocycles. The van der Waals surface area contributed by atoms with E-state index < -0.39 is 12.3 Å². The van der Waals surface area contributed by atoms with Gasteiger partial charge in [0.1, 0.15) is 0 Å². The van der Waals surface area contributed by atoms with Gasteiger partial charge in [-0.3, -0.25) is 4.79 Å². The molecule has 1 aromatic carbocycles. The van der Waals surface area contributed by atoms with Crippen molar-refractivity contribution in [1.82, 2.24) is 4.90 Å². The second-order valence-corrected chi connectivity index (χ2v) is 5.59. The van der Waals surface area contributed by atoms with Crippen LogP contribution in [0.3, 0.4) is 0 Å². The highest BCUT2D eigenvalue weighted by molar-refractivity contribution is 5.79. The van der Waals surface area contributed by atoms with Crippen LogP contribution in [0.15, 0.2) is 24.3 Å². The van der Waals surface area contributed by atoms with Gasteiger partial charge in [-0.15, -0.1) is 0 Å². The van der Waals surface area contributed by atoms with Crippen molar-refractivity contribution in [3.63, 3.8) is 0 Å². The first kappa shape index (κ1) is 14.9. The van der Waals surface area contributed by atoms with Crippen molar-refractivity contribution in [2.45, 2.75) is 39.0 Å². The minimum absolute atomic E-state index is 0.474. The number of benzene rings is 1. The maximum atomic E-state index is 12.3. The molecule has 1 aliphatic rings. The van der Waals surface area contributed by atoms with Crippen LogP contribution < -0.4 is 0 Å². The SMILES string of the molecule is Cc1ccc(CCC2CCN(C(=O)C(F)F)CC2)cc1. The molecule has 0 aromatic heterocycles. The number of alkyl halides is 2. The van der Waals surface area contributed by atoms with Gasteiger partial charge in [0.2, 0.25) is 0 Å². The Hall–Kier alpha value is -1.45. The van der Waals surface area contributed by atoms with Crippen molar-refractivity contribution >= 4 is 5.91 Å². The fourth-order valence-corrected chi connectivity index (χ4v) is 2.71. The standard InChI is InChI=1S/C16H21F2NO/c1-12-2-4-13(5-3-12)6-7-14-8-10-19(11-9-14)16(20)15(17)18/h2-5,14-15H,6-11H2,1H3. The normalized spacial score (nSPS) is 16.7. The van der Waals surface area contributed by atoms with Crippen LogP contribution in [0.25, 0.3) is 0 Å². The molecule has 0 bridgehead atoms. The molecule has 1 amide bonds. The van der Waals surface area contributed by atoms with Crippen molar-refractivity contribution < 1.29 is 13.6 Å². The Morgan fingerprint density at radius 3 is 2.40 bits per heavy atom. The van der Waals surface area contributed by atoms with E-state index in [0.717, 1.165) is 25.7 Å². The largest absolute Gasteiger partial charge is 0.338 e. The van der Waals surface area contributed by atoms with E-state index in [-0.39, 0.29) is 0 Å². The third-order valence-corrected chi connectivity index (χ3v) is 4.07. The van der Waals surface area contributed by atoms with Crippen molar-refractivity contribution in [1.29, 1.82) is 0 Å². The predicted octanol–water partition coefficient (Wildman–Crippen LogP) is 3.43. The fourth-order valence-electron chi connectivity index (χ4n) is 2.71. The van der Waals surface area contributed by atoms with E-state index in [1.807, 2.05) is 0 Å². The first-order valence-electron chi connectivity index (χ1n) is 7.18. The highest BCUT2D eigenvalue weighted by atomic mass is 19.3. The van der Waals surface area contributed by atoms with Crippen LogP contribution >= 0.6 is 0 Å². The Morgan fingerprint density at radius 1 is 1.25 bits per heavy atom. The number of hydrogen-bond donors (Lipinski definition) is 0. The molecule has 110 valence electrons. The molecule has 2 nitrogen and oxygen atoms in total. The molecule has 1 fully saturated rings. The minimum Gasteiger partial charge on any atom is -0.338 e. The van der Waals surface area contributed by atoms with E-state index >= 15 is 0 Å². The number of rotatable bonds is 4. The van der Waals surface area contributed by atoms with Crippen LogP contribution in [0.1, 0.15) is 30.4 Å². The number of hydrogen-bond acceptors (Lipinski definition) is 1. The van der Waals surface area contributed by atoms with Gasteiger partial charge in [-0.1, -0.05) is 29.8 Å². The molecule has 4 heteroatoms. The summed E-state index contributed by atoms with van der Waals surface area (Å²) in [5.41, 5.74) is 2.58. The highest BCUT2D eigenvalue weighted by Crippen LogP contribution is 2.23. The van der Waals surface area contributed by atoms with Gasteiger partial charge in [0.25, 0.3) is 5.91 Å². The Labute approximate surface area is 118 Å². The summed E-state index contributed by atoms with van der Waals surface area (Å²) in [7, 11) is 0. The average molecular weight is 281 g/mol. The summed E-state index contributed by atoms with van der Waals surface area (Å²) in [6.07, 6.45) is 0.904. The molecule has 0 saturated carbocycles. The third kappa shape index (κ3) is 4.02. The summed E-state index contributed by atoms with van der Waals surface area (Å²) in [5.74, 6) is -0.472. The van der Waals surface area contributed by atoms with Crippen LogP contribution in [0.5, 0.6) is 0 Å². The monoisotopic (exact) mass is 281 g/mol. The zero-order valence-electron chi connectivity index (χ0n) is 11.8. The molecule has 0 N–H and O–H groups in total. The van der Waals surface area contributed by atoms with Crippen molar-refractivity contribution in [3.8, 4) is 0 Å². The number of aryl methyl sites for hydroxylation is 2. The Kier molecular flexibility index (Phi) is 5.10. The molecule has 20 heavy (non-hydrogen) atoms. The minimum atomic E-state index is -2.86. The van der Waals surface area contributed by atoms with Gasteiger partial charge < -0.3 is 4.90 Å². The second kappa shape index (κ2) is 6.82. The van der Waals surface area contributed by atoms with Gasteiger partial charge in [0.15, 0.2) is 0 Å². The molecule has 1 heterocycles. The number of piperidine rings is 1. The lowest BCUT2D eigenvalue weighted by Gasteiger charge is -2.31. The van der Waals surface area contributed by atoms with Crippen molar-refractivity contribution in [3.05, 3.63) is 35.4 Å². The van der Waals surface area contributed by atoms with Crippen molar-refractivity contribution in [2.24, 2.45) is 5.92 Å². The van der Waals surface area contributed by atoms with E-state index in [9.17, 15) is 13.6 Å². The molecule has 1 saturated heterocycles. The van der Waals surface area contributed by atoms with E-state index in [0.29, 0.717) is 19.0 Å². The maximum absolute atomic E-state index is 12.3. The molecule has 0 atom stereocenters. The summed E-state index contributed by atoms with van der Waals surface area (Å²) < 4.78 is 24.6. The number of nitrogens with zero attached hydrogens (tertiary/aromatic N) is 1. The average Bonchev–Trinajstić information content (AvgIpc) is 2.46. The summed E-state index contributed by atoms with van der Waals surface area (Å²) in [4.78, 5) is 12.5. The van der Waals surface area contributed by atoms with Gasteiger partial charge >= 0.3 is 6.43 Å². The van der Waals surface area contributed by atoms with Gasteiger partial charge in [-0.2, -0.15) is 8.78 Å².